The van der Waals surface area contributed by atoms with Crippen LogP contribution < -0.4 is 4.90 Å². The number of hydrogen-bond donors (Lipinski definition) is 1. The van der Waals surface area contributed by atoms with E-state index >= 15 is 0 Å². The summed E-state index contributed by atoms with van der Waals surface area (Å²) in [5.41, 5.74) is 2.57. The number of carbonyl (C=O) groups is 1. The van der Waals surface area contributed by atoms with Gasteiger partial charge in [-0.2, -0.15) is 0 Å². The van der Waals surface area contributed by atoms with Crippen LogP contribution in [0.15, 0.2) is 59.1 Å². The third-order valence-electron chi connectivity index (χ3n) is 5.29. The van der Waals surface area contributed by atoms with E-state index in [0.717, 1.165) is 50.0 Å². The summed E-state index contributed by atoms with van der Waals surface area (Å²) in [6.45, 7) is 6.77. The van der Waals surface area contributed by atoms with Crippen LogP contribution in [0.3, 0.4) is 0 Å². The lowest BCUT2D eigenvalue weighted by Gasteiger charge is -2.32. The number of hydrogen-bond acceptors (Lipinski definition) is 1. The largest absolute Gasteiger partial charge is 0.338 e. The molecule has 1 N–H and O–H groups in total. The minimum atomic E-state index is 0.185. The first kappa shape index (κ1) is 19.1. The number of halogens is 1. The molecular formula is C22H28BrN2O+. The Morgan fingerprint density at radius 1 is 1.08 bits per heavy atom. The van der Waals surface area contributed by atoms with Crippen molar-refractivity contribution >= 4 is 21.8 Å². The van der Waals surface area contributed by atoms with Gasteiger partial charge < -0.3 is 9.80 Å². The fraction of sp³-hybridized carbons (Fsp3) is 0.409. The predicted octanol–water partition coefficient (Wildman–Crippen LogP) is 3.29. The second-order valence-electron chi connectivity index (χ2n) is 7.17. The lowest BCUT2D eigenvalue weighted by molar-refractivity contribution is -0.919. The minimum absolute atomic E-state index is 0.185. The van der Waals surface area contributed by atoms with Crippen LogP contribution >= 0.6 is 15.9 Å². The van der Waals surface area contributed by atoms with Gasteiger partial charge in [-0.3, -0.25) is 4.79 Å². The van der Waals surface area contributed by atoms with Crippen LogP contribution in [-0.4, -0.2) is 30.4 Å². The van der Waals surface area contributed by atoms with Gasteiger partial charge in [0.15, 0.2) is 0 Å². The molecule has 26 heavy (non-hydrogen) atoms. The van der Waals surface area contributed by atoms with Crippen molar-refractivity contribution in [3.63, 3.8) is 0 Å². The van der Waals surface area contributed by atoms with Gasteiger partial charge in [-0.05, 0) is 24.6 Å². The number of carbonyl (C=O) groups excluding carboxylic acids is 1. The van der Waals surface area contributed by atoms with Crippen molar-refractivity contribution in [1.82, 2.24) is 4.90 Å². The molecule has 3 rings (SSSR count). The first-order chi connectivity index (χ1) is 12.7. The number of likely N-dealkylation sites (tertiary alicyclic amines) is 1. The standard InChI is InChI=1S/C22H27BrN2O/c1-2-25(17-18-7-4-3-5-8-18)22(26)20-11-13-24(14-12-20)16-19-9-6-10-21(23)15-19/h3-10,15,20H,2,11-14,16-17H2,1H3/p+1. The van der Waals surface area contributed by atoms with E-state index in [-0.39, 0.29) is 5.92 Å². The maximum atomic E-state index is 13.0. The topological polar surface area (TPSA) is 24.8 Å². The van der Waals surface area contributed by atoms with E-state index in [1.165, 1.54) is 11.1 Å². The van der Waals surface area contributed by atoms with Crippen LogP contribution in [-0.2, 0) is 17.9 Å². The van der Waals surface area contributed by atoms with Gasteiger partial charge in [-0.1, -0.05) is 58.4 Å². The maximum absolute atomic E-state index is 13.0. The molecule has 0 aliphatic carbocycles. The average Bonchev–Trinajstić information content (AvgIpc) is 2.67. The zero-order valence-electron chi connectivity index (χ0n) is 15.5. The number of piperidine rings is 1. The molecule has 3 nitrogen and oxygen atoms in total. The van der Waals surface area contributed by atoms with Gasteiger partial charge in [0.1, 0.15) is 6.54 Å². The van der Waals surface area contributed by atoms with Crippen LogP contribution in [0, 0.1) is 5.92 Å². The molecule has 1 amide bonds. The highest BCUT2D eigenvalue weighted by molar-refractivity contribution is 9.10. The third-order valence-corrected chi connectivity index (χ3v) is 5.79. The first-order valence-corrected chi connectivity index (χ1v) is 10.4. The van der Waals surface area contributed by atoms with Gasteiger partial charge in [-0.15, -0.1) is 0 Å². The normalized spacial score (nSPS) is 19.9. The van der Waals surface area contributed by atoms with Crippen LogP contribution in [0.4, 0.5) is 0 Å². The van der Waals surface area contributed by atoms with Gasteiger partial charge >= 0.3 is 0 Å². The second kappa shape index (κ2) is 9.33. The fourth-order valence-electron chi connectivity index (χ4n) is 3.79. The fourth-order valence-corrected chi connectivity index (χ4v) is 4.24. The summed E-state index contributed by atoms with van der Waals surface area (Å²) in [5, 5.41) is 0. The Morgan fingerprint density at radius 2 is 1.77 bits per heavy atom. The van der Waals surface area contributed by atoms with Crippen LogP contribution in [0.2, 0.25) is 0 Å². The summed E-state index contributed by atoms with van der Waals surface area (Å²) in [7, 11) is 0. The number of amides is 1. The lowest BCUT2D eigenvalue weighted by atomic mass is 9.94. The molecule has 1 heterocycles. The Kier molecular flexibility index (Phi) is 6.86. The van der Waals surface area contributed by atoms with Crippen LogP contribution in [0.1, 0.15) is 30.9 Å². The van der Waals surface area contributed by atoms with Gasteiger partial charge in [0, 0.05) is 41.9 Å². The van der Waals surface area contributed by atoms with Gasteiger partial charge in [0.2, 0.25) is 5.91 Å². The van der Waals surface area contributed by atoms with E-state index in [1.54, 1.807) is 4.90 Å². The molecule has 0 aromatic heterocycles. The van der Waals surface area contributed by atoms with Crippen molar-refractivity contribution in [2.24, 2.45) is 5.92 Å². The molecule has 0 atom stereocenters. The van der Waals surface area contributed by atoms with Crippen LogP contribution in [0.25, 0.3) is 0 Å². The van der Waals surface area contributed by atoms with Crippen molar-refractivity contribution in [1.29, 1.82) is 0 Å². The second-order valence-corrected chi connectivity index (χ2v) is 8.08. The molecule has 1 aliphatic rings. The van der Waals surface area contributed by atoms with Crippen molar-refractivity contribution in [3.05, 3.63) is 70.2 Å². The number of nitrogens with zero attached hydrogens (tertiary/aromatic N) is 1. The van der Waals surface area contributed by atoms with Gasteiger partial charge in [0.05, 0.1) is 13.1 Å². The molecule has 0 bridgehead atoms. The number of nitrogens with one attached hydrogen (secondary N) is 1. The quantitative estimate of drug-likeness (QED) is 0.768. The molecule has 4 heteroatoms. The number of rotatable bonds is 6. The smallest absolute Gasteiger partial charge is 0.226 e. The van der Waals surface area contributed by atoms with E-state index in [0.29, 0.717) is 5.91 Å². The molecule has 0 radical (unpaired) electrons. The number of quaternary nitrogens is 1. The molecule has 2 aromatic carbocycles. The molecule has 0 spiro atoms. The maximum Gasteiger partial charge on any atom is 0.226 e. The SMILES string of the molecule is CCN(Cc1ccccc1)C(=O)C1CC[NH+](Cc2cccc(Br)c2)CC1. The average molecular weight is 416 g/mol. The highest BCUT2D eigenvalue weighted by atomic mass is 79.9. The van der Waals surface area contributed by atoms with E-state index < -0.39 is 0 Å². The lowest BCUT2D eigenvalue weighted by Crippen LogP contribution is -3.11. The monoisotopic (exact) mass is 415 g/mol. The van der Waals surface area contributed by atoms with Crippen molar-refractivity contribution in [2.45, 2.75) is 32.9 Å². The molecule has 2 aromatic rings. The summed E-state index contributed by atoms with van der Waals surface area (Å²) < 4.78 is 1.14. The van der Waals surface area contributed by atoms with Crippen molar-refractivity contribution < 1.29 is 9.69 Å². The van der Waals surface area contributed by atoms with Gasteiger partial charge in [0.25, 0.3) is 0 Å². The summed E-state index contributed by atoms with van der Waals surface area (Å²) in [5.74, 6) is 0.516. The molecule has 1 aliphatic heterocycles. The molecule has 1 fully saturated rings. The van der Waals surface area contributed by atoms with E-state index in [9.17, 15) is 4.79 Å². The molecular weight excluding hydrogens is 388 g/mol. The first-order valence-electron chi connectivity index (χ1n) is 9.56. The summed E-state index contributed by atoms with van der Waals surface area (Å²) in [4.78, 5) is 16.5. The molecule has 1 saturated heterocycles. The van der Waals surface area contributed by atoms with E-state index in [2.05, 4.69) is 59.3 Å². The Bertz CT molecular complexity index is 711. The van der Waals surface area contributed by atoms with E-state index in [1.807, 2.05) is 23.1 Å². The highest BCUT2D eigenvalue weighted by Crippen LogP contribution is 2.17. The summed E-state index contributed by atoms with van der Waals surface area (Å²) in [6, 6.07) is 18.8. The highest BCUT2D eigenvalue weighted by Gasteiger charge is 2.30. The molecule has 0 saturated carbocycles. The number of benzene rings is 2. The summed E-state index contributed by atoms with van der Waals surface area (Å²) in [6.07, 6.45) is 1.99. The van der Waals surface area contributed by atoms with Crippen molar-refractivity contribution in [2.75, 3.05) is 19.6 Å². The minimum Gasteiger partial charge on any atom is -0.338 e. The third kappa shape index (κ3) is 5.18. The summed E-state index contributed by atoms with van der Waals surface area (Å²) >= 11 is 3.55. The Hall–Kier alpha value is -1.65. The molecule has 0 unspecified atom stereocenters. The Labute approximate surface area is 165 Å². The zero-order chi connectivity index (χ0) is 18.4. The van der Waals surface area contributed by atoms with E-state index in [4.69, 9.17) is 0 Å². The van der Waals surface area contributed by atoms with Gasteiger partial charge in [-0.25, -0.2) is 0 Å². The van der Waals surface area contributed by atoms with Crippen LogP contribution in [0.5, 0.6) is 0 Å². The van der Waals surface area contributed by atoms with Crippen molar-refractivity contribution in [3.8, 4) is 0 Å². The molecule has 138 valence electrons. The Morgan fingerprint density at radius 3 is 2.42 bits per heavy atom. The Balaban J connectivity index is 1.52. The zero-order valence-corrected chi connectivity index (χ0v) is 17.0. The predicted molar refractivity (Wildman–Crippen MR) is 109 cm³/mol.